The van der Waals surface area contributed by atoms with Crippen LogP contribution in [0.3, 0.4) is 0 Å². The fourth-order valence-corrected chi connectivity index (χ4v) is 9.28. The summed E-state index contributed by atoms with van der Waals surface area (Å²) < 4.78 is 10.9. The molecule has 2 fully saturated rings. The highest BCUT2D eigenvalue weighted by atomic mass is 28.3. The third-order valence-electron chi connectivity index (χ3n) is 10.3. The summed E-state index contributed by atoms with van der Waals surface area (Å²) in [6, 6.07) is 14.3. The summed E-state index contributed by atoms with van der Waals surface area (Å²) in [5, 5.41) is 2.42. The Labute approximate surface area is 292 Å². The van der Waals surface area contributed by atoms with Crippen LogP contribution in [0.1, 0.15) is 85.9 Å². The number of hydrogen-bond acceptors (Lipinski definition) is 10. The molecule has 12 heteroatoms. The maximum atomic E-state index is 12.3. The monoisotopic (exact) mass is 712 g/mol. The van der Waals surface area contributed by atoms with Crippen molar-refractivity contribution in [1.82, 2.24) is 0 Å². The molecule has 2 saturated carbocycles. The molecule has 0 heterocycles. The zero-order valence-corrected chi connectivity index (χ0v) is 32.2. The molecule has 0 amide bonds. The maximum Gasteiger partial charge on any atom is 0.550 e. The second kappa shape index (κ2) is 15.9. The van der Waals surface area contributed by atoms with E-state index in [1.54, 1.807) is 24.3 Å². The van der Waals surface area contributed by atoms with Crippen LogP contribution in [0, 0.1) is 17.3 Å². The number of benzene rings is 2. The predicted molar refractivity (Wildman–Crippen MR) is 190 cm³/mol. The largest absolute Gasteiger partial charge is 0.550 e. The summed E-state index contributed by atoms with van der Waals surface area (Å²) in [5.74, 6) is -0.619. The first-order valence-corrected chi connectivity index (χ1v) is 24.3. The quantitative estimate of drug-likeness (QED) is 0.115. The molecule has 2 aromatic rings. The Balaban J connectivity index is 1.13. The predicted octanol–water partition coefficient (Wildman–Crippen LogP) is 8.07. The van der Waals surface area contributed by atoms with Gasteiger partial charge in [-0.25, -0.2) is 29.1 Å². The molecule has 4 rings (SSSR count). The van der Waals surface area contributed by atoms with Gasteiger partial charge in [-0.1, -0.05) is 87.8 Å². The first-order valence-electron chi connectivity index (χ1n) is 17.3. The Morgan fingerprint density at radius 1 is 0.510 bits per heavy atom. The average Bonchev–Trinajstić information content (AvgIpc) is 3.06. The molecular weight excluding hydrogens is 661 g/mol. The summed E-state index contributed by atoms with van der Waals surface area (Å²) in [5.41, 5.74) is 0.647. The number of hydrogen-bond donors (Lipinski definition) is 0. The molecule has 2 aliphatic carbocycles. The molecular formula is C37H52O10Si2. The van der Waals surface area contributed by atoms with E-state index in [0.29, 0.717) is 48.6 Å². The lowest BCUT2D eigenvalue weighted by Crippen LogP contribution is -2.39. The second-order valence-corrected chi connectivity index (χ2v) is 26.2. The van der Waals surface area contributed by atoms with E-state index in [2.05, 4.69) is 62.9 Å². The highest BCUT2D eigenvalue weighted by Crippen LogP contribution is 2.49. The van der Waals surface area contributed by atoms with Gasteiger partial charge in [0.05, 0.1) is 27.3 Å². The van der Waals surface area contributed by atoms with Gasteiger partial charge < -0.3 is 9.47 Å². The minimum atomic E-state index is -1.50. The second-order valence-electron chi connectivity index (χ2n) is 16.1. The zero-order valence-electron chi connectivity index (χ0n) is 30.2. The van der Waals surface area contributed by atoms with Crippen molar-refractivity contribution in [2.75, 3.05) is 0 Å². The first-order chi connectivity index (χ1) is 22.9. The van der Waals surface area contributed by atoms with E-state index >= 15 is 0 Å². The van der Waals surface area contributed by atoms with Gasteiger partial charge in [-0.3, -0.25) is 0 Å². The first kappa shape index (κ1) is 38.2. The van der Waals surface area contributed by atoms with E-state index in [9.17, 15) is 19.2 Å². The lowest BCUT2D eigenvalue weighted by Gasteiger charge is -2.46. The normalized spacial score (nSPS) is 21.6. The summed E-state index contributed by atoms with van der Waals surface area (Å²) in [6.07, 6.45) is 3.71. The molecule has 0 radical (unpaired) electrons. The number of ether oxygens (including phenoxy) is 2. The average molecular weight is 713 g/mol. The van der Waals surface area contributed by atoms with Crippen LogP contribution in [0.5, 0.6) is 0 Å². The van der Waals surface area contributed by atoms with Gasteiger partial charge in [-0.05, 0) is 92.9 Å². The van der Waals surface area contributed by atoms with Gasteiger partial charge in [0.15, 0.2) is 0 Å². The number of carbonyl (C=O) groups is 4. The van der Waals surface area contributed by atoms with Crippen LogP contribution in [-0.4, -0.2) is 52.6 Å². The van der Waals surface area contributed by atoms with Crippen molar-refractivity contribution in [2.45, 2.75) is 117 Å². The van der Waals surface area contributed by atoms with Crippen molar-refractivity contribution in [3.8, 4) is 0 Å². The van der Waals surface area contributed by atoms with Gasteiger partial charge in [0, 0.05) is 0 Å². The molecule has 0 aliphatic heterocycles. The lowest BCUT2D eigenvalue weighted by atomic mass is 9.60. The third-order valence-corrected chi connectivity index (χ3v) is 14.5. The van der Waals surface area contributed by atoms with E-state index in [0.717, 1.165) is 25.7 Å². The van der Waals surface area contributed by atoms with Crippen molar-refractivity contribution >= 4 is 50.8 Å². The molecule has 0 N–H and O–H groups in total. The highest BCUT2D eigenvalue weighted by molar-refractivity contribution is 6.89. The van der Waals surface area contributed by atoms with Crippen molar-refractivity contribution in [3.05, 3.63) is 59.7 Å². The van der Waals surface area contributed by atoms with Crippen LogP contribution in [0.2, 0.25) is 39.3 Å². The van der Waals surface area contributed by atoms with E-state index in [4.69, 9.17) is 19.2 Å². The zero-order chi connectivity index (χ0) is 36.0. The Morgan fingerprint density at radius 2 is 0.816 bits per heavy atom. The van der Waals surface area contributed by atoms with Crippen LogP contribution in [0.15, 0.2) is 48.5 Å². The third kappa shape index (κ3) is 10.7. The topological polar surface area (TPSA) is 124 Å². The molecule has 49 heavy (non-hydrogen) atoms. The molecule has 0 unspecified atom stereocenters. The summed E-state index contributed by atoms with van der Waals surface area (Å²) in [6.45, 7) is 17.9. The molecule has 2 aliphatic rings. The fourth-order valence-electron chi connectivity index (χ4n) is 6.95. The van der Waals surface area contributed by atoms with Crippen LogP contribution in [0.25, 0.3) is 0 Å². The van der Waals surface area contributed by atoms with Crippen LogP contribution < -0.4 is 10.4 Å². The van der Waals surface area contributed by atoms with Crippen LogP contribution in [0.4, 0.5) is 9.59 Å². The van der Waals surface area contributed by atoms with Gasteiger partial charge in [-0.15, -0.1) is 0 Å². The molecule has 0 saturated heterocycles. The van der Waals surface area contributed by atoms with Gasteiger partial charge in [0.2, 0.25) is 0 Å². The van der Waals surface area contributed by atoms with E-state index in [-0.39, 0.29) is 17.6 Å². The lowest BCUT2D eigenvalue weighted by molar-refractivity contribution is -0.209. The summed E-state index contributed by atoms with van der Waals surface area (Å²) >= 11 is 0. The molecule has 10 nitrogen and oxygen atoms in total. The standard InChI is InChI=1S/C37H52O10Si2/c1-37(2,27-13-17-29(18-14-27)42-35(40)46-44-33(38)25-9-21-31(22-10-25)48(3,4)5)28-15-19-30(20-16-28)43-36(41)47-45-34(39)26-11-23-32(24-12-26)49(6,7)8/h9-12,21-24,27-30H,13-20H2,1-8H3. The van der Waals surface area contributed by atoms with Gasteiger partial charge >= 0.3 is 24.2 Å². The fraction of sp³-hybridized carbons (Fsp3) is 0.568. The van der Waals surface area contributed by atoms with Gasteiger partial charge in [0.1, 0.15) is 12.2 Å². The molecule has 0 bridgehead atoms. The summed E-state index contributed by atoms with van der Waals surface area (Å²) in [4.78, 5) is 68.0. The molecule has 0 spiro atoms. The molecule has 268 valence electrons. The Hall–Kier alpha value is -3.65. The smallest absolute Gasteiger partial charge is 0.428 e. The molecule has 0 atom stereocenters. The minimum absolute atomic E-state index is 0.0398. The van der Waals surface area contributed by atoms with Gasteiger partial charge in [0.25, 0.3) is 0 Å². The van der Waals surface area contributed by atoms with Crippen LogP contribution >= 0.6 is 0 Å². The van der Waals surface area contributed by atoms with E-state index in [1.165, 1.54) is 10.4 Å². The highest BCUT2D eigenvalue weighted by Gasteiger charge is 2.42. The maximum absolute atomic E-state index is 12.3. The van der Waals surface area contributed by atoms with Crippen LogP contribution in [-0.2, 0) is 29.0 Å². The van der Waals surface area contributed by atoms with Crippen molar-refractivity contribution in [2.24, 2.45) is 17.3 Å². The van der Waals surface area contributed by atoms with Crippen molar-refractivity contribution < 1.29 is 48.2 Å². The summed E-state index contributed by atoms with van der Waals surface area (Å²) in [7, 11) is -2.99. The Morgan fingerprint density at radius 3 is 1.10 bits per heavy atom. The minimum Gasteiger partial charge on any atom is -0.428 e. The number of rotatable bonds is 8. The molecule has 0 aromatic heterocycles. The number of carbonyl (C=O) groups excluding carboxylic acids is 4. The van der Waals surface area contributed by atoms with E-state index < -0.39 is 40.4 Å². The van der Waals surface area contributed by atoms with Crippen molar-refractivity contribution in [3.63, 3.8) is 0 Å². The Bertz CT molecular complexity index is 1330. The van der Waals surface area contributed by atoms with Crippen molar-refractivity contribution in [1.29, 1.82) is 0 Å². The van der Waals surface area contributed by atoms with Gasteiger partial charge in [-0.2, -0.15) is 9.59 Å². The SMILES string of the molecule is CC(C)(C1CCC(OC(=O)OOC(=O)c2ccc([Si](C)(C)C)cc2)CC1)C1CCC(OC(=O)OOC(=O)c2ccc([Si](C)(C)C)cc2)CC1. The Kier molecular flexibility index (Phi) is 12.4. The molecule has 2 aromatic carbocycles. The van der Waals surface area contributed by atoms with E-state index in [1.807, 2.05) is 24.3 Å².